The summed E-state index contributed by atoms with van der Waals surface area (Å²) in [4.78, 5) is 28.5. The van der Waals surface area contributed by atoms with E-state index < -0.39 is 17.1 Å². The quantitative estimate of drug-likeness (QED) is 0.618. The third-order valence-electron chi connectivity index (χ3n) is 6.17. The van der Waals surface area contributed by atoms with Crippen LogP contribution in [0.1, 0.15) is 41.7 Å². The van der Waals surface area contributed by atoms with Crippen LogP contribution >= 0.6 is 0 Å². The topological polar surface area (TPSA) is 106 Å². The molecule has 3 aromatic rings. The summed E-state index contributed by atoms with van der Waals surface area (Å²) in [7, 11) is 3.01. The average molecular weight is 434 g/mol. The number of ether oxygens (including phenoxy) is 1. The van der Waals surface area contributed by atoms with Gasteiger partial charge in [0, 0.05) is 30.3 Å². The second kappa shape index (κ2) is 8.82. The van der Waals surface area contributed by atoms with Crippen LogP contribution in [-0.4, -0.2) is 39.9 Å². The van der Waals surface area contributed by atoms with Gasteiger partial charge < -0.3 is 15.2 Å². The molecule has 1 amide bonds. The lowest BCUT2D eigenvalue weighted by atomic mass is 9.78. The predicted octanol–water partition coefficient (Wildman–Crippen LogP) is 2.89. The first kappa shape index (κ1) is 21.5. The number of rotatable bonds is 6. The summed E-state index contributed by atoms with van der Waals surface area (Å²) in [6.45, 7) is 0.454. The number of benzene rings is 1. The maximum atomic E-state index is 12.2. The van der Waals surface area contributed by atoms with Crippen molar-refractivity contribution in [1.82, 2.24) is 20.1 Å². The van der Waals surface area contributed by atoms with Crippen molar-refractivity contribution in [2.24, 2.45) is 0 Å². The Balaban J connectivity index is 1.72. The summed E-state index contributed by atoms with van der Waals surface area (Å²) in [6.07, 6.45) is 7.14. The van der Waals surface area contributed by atoms with Crippen molar-refractivity contribution < 1.29 is 14.6 Å². The molecular formula is C24H26N4O4. The predicted molar refractivity (Wildman–Crippen MR) is 120 cm³/mol. The molecule has 2 heterocycles. The number of aromatic nitrogens is 3. The molecular weight excluding hydrogens is 408 g/mol. The molecule has 0 bridgehead atoms. The van der Waals surface area contributed by atoms with Gasteiger partial charge in [-0.3, -0.25) is 14.3 Å². The number of carbonyl (C=O) groups is 1. The van der Waals surface area contributed by atoms with Gasteiger partial charge in [-0.05, 0) is 30.0 Å². The van der Waals surface area contributed by atoms with E-state index in [1.807, 2.05) is 24.3 Å². The fourth-order valence-corrected chi connectivity index (χ4v) is 4.47. The summed E-state index contributed by atoms with van der Waals surface area (Å²) in [5, 5.41) is 16.8. The molecule has 1 aromatic carbocycles. The Labute approximate surface area is 185 Å². The molecule has 1 saturated carbocycles. The number of hydrogen-bond donors (Lipinski definition) is 2. The molecule has 0 aliphatic heterocycles. The number of amides is 1. The van der Waals surface area contributed by atoms with Crippen LogP contribution in [0.3, 0.4) is 0 Å². The molecule has 166 valence electrons. The Morgan fingerprint density at radius 2 is 2.00 bits per heavy atom. The van der Waals surface area contributed by atoms with Crippen molar-refractivity contribution >= 4 is 5.91 Å². The molecule has 0 saturated heterocycles. The average Bonchev–Trinajstić information content (AvgIpc) is 3.30. The fourth-order valence-electron chi connectivity index (χ4n) is 4.47. The van der Waals surface area contributed by atoms with E-state index >= 15 is 0 Å². The number of pyridine rings is 1. The highest BCUT2D eigenvalue weighted by Crippen LogP contribution is 2.43. The molecule has 1 fully saturated rings. The Hall–Kier alpha value is -3.68. The van der Waals surface area contributed by atoms with Gasteiger partial charge in [0.05, 0.1) is 19.9 Å². The second-order valence-corrected chi connectivity index (χ2v) is 8.13. The zero-order valence-electron chi connectivity index (χ0n) is 18.2. The van der Waals surface area contributed by atoms with Gasteiger partial charge in [-0.2, -0.15) is 5.10 Å². The van der Waals surface area contributed by atoms with E-state index in [0.717, 1.165) is 42.4 Å². The zero-order chi connectivity index (χ0) is 22.7. The van der Waals surface area contributed by atoms with E-state index in [2.05, 4.69) is 27.5 Å². The Kier molecular flexibility index (Phi) is 5.94. The number of carbonyl (C=O) groups excluding carboxylic acids is 1. The van der Waals surface area contributed by atoms with Crippen molar-refractivity contribution in [3.8, 4) is 22.8 Å². The van der Waals surface area contributed by atoms with Crippen molar-refractivity contribution in [2.45, 2.75) is 37.6 Å². The van der Waals surface area contributed by atoms with E-state index in [9.17, 15) is 14.7 Å². The second-order valence-electron chi connectivity index (χ2n) is 8.13. The molecule has 1 aliphatic rings. The SMILES string of the molecule is CNC(=O)c1nn(CC2(c3cccc(-c4ccc(OC)nc4)c3)CCCC2)cc(O)c1=O. The minimum Gasteiger partial charge on any atom is -0.503 e. The summed E-state index contributed by atoms with van der Waals surface area (Å²) in [6, 6.07) is 12.2. The van der Waals surface area contributed by atoms with E-state index in [-0.39, 0.29) is 11.1 Å². The minimum absolute atomic E-state index is 0.218. The monoisotopic (exact) mass is 434 g/mol. The van der Waals surface area contributed by atoms with Crippen LogP contribution < -0.4 is 15.5 Å². The normalized spacial score (nSPS) is 14.8. The van der Waals surface area contributed by atoms with Crippen molar-refractivity contribution in [3.05, 3.63) is 70.3 Å². The molecule has 4 rings (SSSR count). The third kappa shape index (κ3) is 4.08. The molecule has 0 radical (unpaired) electrons. The van der Waals surface area contributed by atoms with Gasteiger partial charge in [0.25, 0.3) is 11.3 Å². The van der Waals surface area contributed by atoms with Gasteiger partial charge in [0.1, 0.15) is 0 Å². The lowest BCUT2D eigenvalue weighted by molar-refractivity contribution is 0.0953. The fraction of sp³-hybridized carbons (Fsp3) is 0.333. The van der Waals surface area contributed by atoms with Gasteiger partial charge in [0.2, 0.25) is 5.88 Å². The lowest BCUT2D eigenvalue weighted by Crippen LogP contribution is -2.33. The first-order valence-corrected chi connectivity index (χ1v) is 10.6. The van der Waals surface area contributed by atoms with Crippen molar-refractivity contribution in [3.63, 3.8) is 0 Å². The Bertz CT molecular complexity index is 1180. The Morgan fingerprint density at radius 1 is 1.22 bits per heavy atom. The molecule has 1 aliphatic carbocycles. The summed E-state index contributed by atoms with van der Waals surface area (Å²) in [5.41, 5.74) is 1.90. The van der Waals surface area contributed by atoms with Gasteiger partial charge >= 0.3 is 0 Å². The van der Waals surface area contributed by atoms with Crippen LogP contribution in [0.4, 0.5) is 0 Å². The van der Waals surface area contributed by atoms with Crippen LogP contribution in [0.5, 0.6) is 11.6 Å². The highest BCUT2D eigenvalue weighted by atomic mass is 16.5. The molecule has 0 atom stereocenters. The van der Waals surface area contributed by atoms with E-state index in [1.165, 1.54) is 17.9 Å². The zero-order valence-corrected chi connectivity index (χ0v) is 18.2. The molecule has 0 unspecified atom stereocenters. The molecule has 0 spiro atoms. The summed E-state index contributed by atoms with van der Waals surface area (Å²) in [5.74, 6) is -0.535. The van der Waals surface area contributed by atoms with Crippen LogP contribution in [0, 0.1) is 0 Å². The number of hydrogen-bond acceptors (Lipinski definition) is 6. The molecule has 8 nitrogen and oxygen atoms in total. The molecule has 8 heteroatoms. The van der Waals surface area contributed by atoms with Crippen molar-refractivity contribution in [2.75, 3.05) is 14.2 Å². The first-order valence-electron chi connectivity index (χ1n) is 10.6. The number of methoxy groups -OCH3 is 1. The van der Waals surface area contributed by atoms with Crippen molar-refractivity contribution in [1.29, 1.82) is 0 Å². The maximum Gasteiger partial charge on any atom is 0.275 e. The molecule has 2 N–H and O–H groups in total. The number of nitrogens with one attached hydrogen (secondary N) is 1. The largest absolute Gasteiger partial charge is 0.503 e. The van der Waals surface area contributed by atoms with Gasteiger partial charge in [0.15, 0.2) is 11.4 Å². The minimum atomic E-state index is -0.768. The Morgan fingerprint density at radius 3 is 2.66 bits per heavy atom. The summed E-state index contributed by atoms with van der Waals surface area (Å²) >= 11 is 0. The van der Waals surface area contributed by atoms with E-state index in [0.29, 0.717) is 12.4 Å². The van der Waals surface area contributed by atoms with E-state index in [1.54, 1.807) is 13.3 Å². The van der Waals surface area contributed by atoms with E-state index in [4.69, 9.17) is 4.74 Å². The third-order valence-corrected chi connectivity index (χ3v) is 6.17. The van der Waals surface area contributed by atoms with Crippen LogP contribution in [0.25, 0.3) is 11.1 Å². The number of aromatic hydroxyl groups is 1. The highest BCUT2D eigenvalue weighted by molar-refractivity contribution is 5.92. The highest BCUT2D eigenvalue weighted by Gasteiger charge is 2.37. The summed E-state index contributed by atoms with van der Waals surface area (Å²) < 4.78 is 6.68. The standard InChI is InChI=1S/C24H26N4O4/c1-25-23(31)21-22(30)19(29)14-28(27-21)15-24(10-3-4-11-24)18-7-5-6-16(12-18)17-8-9-20(32-2)26-13-17/h5-9,12-14,29H,3-4,10-11,15H2,1-2H3,(H,25,31). The molecule has 2 aromatic heterocycles. The lowest BCUT2D eigenvalue weighted by Gasteiger charge is -2.31. The van der Waals surface area contributed by atoms with Gasteiger partial charge in [-0.1, -0.05) is 37.1 Å². The van der Waals surface area contributed by atoms with Gasteiger partial charge in [-0.25, -0.2) is 4.98 Å². The first-order chi connectivity index (χ1) is 15.5. The van der Waals surface area contributed by atoms with Crippen LogP contribution in [-0.2, 0) is 12.0 Å². The van der Waals surface area contributed by atoms with Crippen LogP contribution in [0.2, 0.25) is 0 Å². The maximum absolute atomic E-state index is 12.2. The van der Waals surface area contributed by atoms with Crippen LogP contribution in [0.15, 0.2) is 53.6 Å². The molecule has 32 heavy (non-hydrogen) atoms. The smallest absolute Gasteiger partial charge is 0.275 e. The van der Waals surface area contributed by atoms with Gasteiger partial charge in [-0.15, -0.1) is 0 Å². The number of nitrogens with zero attached hydrogens (tertiary/aromatic N) is 3.